The number of benzene rings is 1. The Hall–Kier alpha value is -1.29. The second kappa shape index (κ2) is 5.57. The molecule has 0 N–H and O–H groups in total. The fraction of sp³-hybridized carbons (Fsp3) is 0.500. The van der Waals surface area contributed by atoms with Crippen LogP contribution in [-0.2, 0) is 11.3 Å². The van der Waals surface area contributed by atoms with E-state index < -0.39 is 11.6 Å². The molecular weight excluding hydrogens is 236 g/mol. The highest BCUT2D eigenvalue weighted by Gasteiger charge is 2.23. The third-order valence-electron chi connectivity index (χ3n) is 3.59. The van der Waals surface area contributed by atoms with Crippen molar-refractivity contribution in [3.63, 3.8) is 0 Å². The molecule has 4 heteroatoms. The van der Waals surface area contributed by atoms with Gasteiger partial charge in [-0.15, -0.1) is 0 Å². The highest BCUT2D eigenvalue weighted by atomic mass is 19.2. The number of Topliss-reactive ketones (excluding diaryl/α,β-unsaturated/α-hetero) is 1. The second-order valence-corrected chi connectivity index (χ2v) is 4.90. The predicted octanol–water partition coefficient (Wildman–Crippen LogP) is 2.91. The largest absolute Gasteiger partial charge is 0.300 e. The molecule has 2 rings (SSSR count). The van der Waals surface area contributed by atoms with Gasteiger partial charge in [-0.1, -0.05) is 12.1 Å². The van der Waals surface area contributed by atoms with Crippen molar-refractivity contribution in [1.29, 1.82) is 0 Å². The smallest absolute Gasteiger partial charge is 0.163 e. The van der Waals surface area contributed by atoms with Gasteiger partial charge in [-0.25, -0.2) is 8.78 Å². The predicted molar refractivity (Wildman–Crippen MR) is 65.1 cm³/mol. The van der Waals surface area contributed by atoms with Crippen LogP contribution in [0.3, 0.4) is 0 Å². The lowest BCUT2D eigenvalue weighted by molar-refractivity contribution is -0.121. The Bertz CT molecular complexity index is 437. The van der Waals surface area contributed by atoms with Gasteiger partial charge in [0.25, 0.3) is 0 Å². The summed E-state index contributed by atoms with van der Waals surface area (Å²) in [7, 11) is 1.89. The molecule has 0 amide bonds. The number of hydrogen-bond donors (Lipinski definition) is 0. The topological polar surface area (TPSA) is 20.3 Å². The number of halogens is 2. The van der Waals surface area contributed by atoms with Crippen LogP contribution in [0.1, 0.15) is 31.2 Å². The minimum Gasteiger partial charge on any atom is -0.300 e. The van der Waals surface area contributed by atoms with E-state index in [0.29, 0.717) is 30.7 Å². The maximum Gasteiger partial charge on any atom is 0.163 e. The van der Waals surface area contributed by atoms with E-state index in [1.807, 2.05) is 11.9 Å². The van der Waals surface area contributed by atoms with Gasteiger partial charge in [-0.05, 0) is 26.0 Å². The lowest BCUT2D eigenvalue weighted by Crippen LogP contribution is -2.35. The first-order valence-corrected chi connectivity index (χ1v) is 6.22. The van der Waals surface area contributed by atoms with Crippen molar-refractivity contribution in [2.75, 3.05) is 7.05 Å². The van der Waals surface area contributed by atoms with E-state index in [4.69, 9.17) is 0 Å². The molecule has 0 bridgehead atoms. The zero-order chi connectivity index (χ0) is 13.1. The minimum atomic E-state index is -0.806. The van der Waals surface area contributed by atoms with Crippen LogP contribution in [0.5, 0.6) is 0 Å². The number of rotatable bonds is 3. The number of nitrogens with zero attached hydrogens (tertiary/aromatic N) is 1. The first-order valence-electron chi connectivity index (χ1n) is 6.22. The summed E-state index contributed by atoms with van der Waals surface area (Å²) in [6, 6.07) is 4.53. The molecule has 0 aromatic heterocycles. The van der Waals surface area contributed by atoms with Crippen LogP contribution in [-0.4, -0.2) is 23.8 Å². The van der Waals surface area contributed by atoms with Crippen LogP contribution in [0.2, 0.25) is 0 Å². The maximum atomic E-state index is 13.5. The Labute approximate surface area is 106 Å². The summed E-state index contributed by atoms with van der Waals surface area (Å²) < 4.78 is 26.6. The number of carbonyl (C=O) groups is 1. The monoisotopic (exact) mass is 253 g/mol. The lowest BCUT2D eigenvalue weighted by Gasteiger charge is -2.30. The zero-order valence-electron chi connectivity index (χ0n) is 10.5. The molecule has 0 radical (unpaired) electrons. The molecule has 0 spiro atoms. The van der Waals surface area contributed by atoms with Crippen molar-refractivity contribution >= 4 is 5.78 Å². The molecule has 0 heterocycles. The molecule has 0 unspecified atom stereocenters. The highest BCUT2D eigenvalue weighted by Crippen LogP contribution is 2.22. The molecule has 1 saturated carbocycles. The van der Waals surface area contributed by atoms with Crippen LogP contribution >= 0.6 is 0 Å². The number of carbonyl (C=O) groups excluding carboxylic acids is 1. The molecule has 18 heavy (non-hydrogen) atoms. The summed E-state index contributed by atoms with van der Waals surface area (Å²) in [6.45, 7) is 0.377. The van der Waals surface area contributed by atoms with Gasteiger partial charge >= 0.3 is 0 Å². The summed E-state index contributed by atoms with van der Waals surface area (Å²) >= 11 is 0. The number of hydrogen-bond acceptors (Lipinski definition) is 2. The van der Waals surface area contributed by atoms with Crippen LogP contribution in [0.25, 0.3) is 0 Å². The van der Waals surface area contributed by atoms with E-state index >= 15 is 0 Å². The third-order valence-corrected chi connectivity index (χ3v) is 3.59. The average molecular weight is 253 g/mol. The Morgan fingerprint density at radius 3 is 2.61 bits per heavy atom. The van der Waals surface area contributed by atoms with Gasteiger partial charge in [-0.3, -0.25) is 9.69 Å². The minimum absolute atomic E-state index is 0.283. The van der Waals surface area contributed by atoms with Crippen molar-refractivity contribution in [3.8, 4) is 0 Å². The summed E-state index contributed by atoms with van der Waals surface area (Å²) in [5.41, 5.74) is 0.370. The molecule has 98 valence electrons. The third kappa shape index (κ3) is 2.93. The normalized spacial score (nSPS) is 17.4. The lowest BCUT2D eigenvalue weighted by atomic mass is 9.93. The molecule has 1 aromatic rings. The van der Waals surface area contributed by atoms with E-state index in [9.17, 15) is 13.6 Å². The van der Waals surface area contributed by atoms with Crippen LogP contribution in [0.15, 0.2) is 18.2 Å². The molecule has 1 aliphatic rings. The molecule has 1 fully saturated rings. The van der Waals surface area contributed by atoms with Crippen LogP contribution in [0, 0.1) is 11.6 Å². The second-order valence-electron chi connectivity index (χ2n) is 4.90. The molecule has 0 aliphatic heterocycles. The molecule has 0 atom stereocenters. The Kier molecular flexibility index (Phi) is 4.07. The molecule has 0 saturated heterocycles. The van der Waals surface area contributed by atoms with E-state index in [-0.39, 0.29) is 6.04 Å². The SMILES string of the molecule is CN(Cc1cccc(F)c1F)C1CCC(=O)CC1. The first-order chi connectivity index (χ1) is 8.58. The van der Waals surface area contributed by atoms with Crippen molar-refractivity contribution < 1.29 is 13.6 Å². The van der Waals surface area contributed by atoms with Crippen molar-refractivity contribution in [2.24, 2.45) is 0 Å². The van der Waals surface area contributed by atoms with Crippen LogP contribution in [0.4, 0.5) is 8.78 Å². The van der Waals surface area contributed by atoms with Gasteiger partial charge < -0.3 is 0 Å². The van der Waals surface area contributed by atoms with Gasteiger partial charge in [0, 0.05) is 31.0 Å². The van der Waals surface area contributed by atoms with Gasteiger partial charge in [0.05, 0.1) is 0 Å². The van der Waals surface area contributed by atoms with Crippen molar-refractivity contribution in [3.05, 3.63) is 35.4 Å². The quantitative estimate of drug-likeness (QED) is 0.825. The zero-order valence-corrected chi connectivity index (χ0v) is 10.5. The summed E-state index contributed by atoms with van der Waals surface area (Å²) in [6.07, 6.45) is 2.82. The van der Waals surface area contributed by atoms with Gasteiger partial charge in [0.1, 0.15) is 5.78 Å². The average Bonchev–Trinajstić information content (AvgIpc) is 2.36. The molecular formula is C14H17F2NO. The molecule has 1 aromatic carbocycles. The Morgan fingerprint density at radius 1 is 1.28 bits per heavy atom. The van der Waals surface area contributed by atoms with E-state index in [1.54, 1.807) is 6.07 Å². The Balaban J connectivity index is 2.00. The van der Waals surface area contributed by atoms with Crippen molar-refractivity contribution in [1.82, 2.24) is 4.90 Å². The fourth-order valence-corrected chi connectivity index (χ4v) is 2.43. The Morgan fingerprint density at radius 2 is 1.94 bits per heavy atom. The van der Waals surface area contributed by atoms with E-state index in [2.05, 4.69) is 0 Å². The number of ketones is 1. The highest BCUT2D eigenvalue weighted by molar-refractivity contribution is 5.79. The van der Waals surface area contributed by atoms with Gasteiger partial charge in [0.15, 0.2) is 11.6 Å². The summed E-state index contributed by atoms with van der Waals surface area (Å²) in [5, 5.41) is 0. The van der Waals surface area contributed by atoms with E-state index in [0.717, 1.165) is 18.9 Å². The first kappa shape index (κ1) is 13.1. The van der Waals surface area contributed by atoms with Gasteiger partial charge in [-0.2, -0.15) is 0 Å². The maximum absolute atomic E-state index is 13.5. The summed E-state index contributed by atoms with van der Waals surface area (Å²) in [4.78, 5) is 13.2. The van der Waals surface area contributed by atoms with Crippen LogP contribution < -0.4 is 0 Å². The van der Waals surface area contributed by atoms with Crippen molar-refractivity contribution in [2.45, 2.75) is 38.3 Å². The van der Waals surface area contributed by atoms with E-state index in [1.165, 1.54) is 6.07 Å². The molecule has 2 nitrogen and oxygen atoms in total. The standard InChI is InChI=1S/C14H17F2NO/c1-17(11-5-7-12(18)8-6-11)9-10-3-2-4-13(15)14(10)16/h2-4,11H,5-9H2,1H3. The van der Waals surface area contributed by atoms with Gasteiger partial charge in [0.2, 0.25) is 0 Å². The molecule has 1 aliphatic carbocycles. The fourth-order valence-electron chi connectivity index (χ4n) is 2.43. The summed E-state index contributed by atoms with van der Waals surface area (Å²) in [5.74, 6) is -1.27.